The Balaban J connectivity index is 1.89. The third-order valence-corrected chi connectivity index (χ3v) is 6.80. The Kier molecular flexibility index (Phi) is 5.26. The fraction of sp³-hybridized carbons (Fsp3) is 0.625. The van der Waals surface area contributed by atoms with E-state index >= 15 is 0 Å². The standard InChI is InChI=1S/C16H23N3O5S/c20-12-13-10-17(11-13)15-6-5-14(9-16(15)19(21)22)25(23,24)18-7-3-1-2-4-8-18/h5-6,9,13,20H,1-4,7-8,10-12H2. The maximum Gasteiger partial charge on any atom is 0.293 e. The number of benzene rings is 1. The Morgan fingerprint density at radius 1 is 1.16 bits per heavy atom. The van der Waals surface area contributed by atoms with Crippen LogP contribution >= 0.6 is 0 Å². The zero-order chi connectivity index (χ0) is 18.0. The van der Waals surface area contributed by atoms with Gasteiger partial charge in [-0.25, -0.2) is 8.42 Å². The molecule has 0 radical (unpaired) electrons. The van der Waals surface area contributed by atoms with Crippen LogP contribution in [-0.2, 0) is 10.0 Å². The van der Waals surface area contributed by atoms with E-state index in [9.17, 15) is 18.5 Å². The fourth-order valence-electron chi connectivity index (χ4n) is 3.39. The molecule has 1 N–H and O–H groups in total. The summed E-state index contributed by atoms with van der Waals surface area (Å²) in [5, 5.41) is 20.6. The number of nitro groups is 1. The second kappa shape index (κ2) is 7.27. The molecule has 2 aliphatic heterocycles. The largest absolute Gasteiger partial charge is 0.396 e. The number of aliphatic hydroxyl groups is 1. The third kappa shape index (κ3) is 3.63. The van der Waals surface area contributed by atoms with E-state index < -0.39 is 14.9 Å². The molecule has 8 nitrogen and oxygen atoms in total. The first kappa shape index (κ1) is 18.1. The van der Waals surface area contributed by atoms with Crippen molar-refractivity contribution >= 4 is 21.4 Å². The van der Waals surface area contributed by atoms with E-state index in [0.717, 1.165) is 25.7 Å². The van der Waals surface area contributed by atoms with Crippen molar-refractivity contribution in [3.8, 4) is 0 Å². The molecule has 9 heteroatoms. The predicted octanol–water partition coefficient (Wildman–Crippen LogP) is 1.59. The van der Waals surface area contributed by atoms with Gasteiger partial charge in [-0.05, 0) is 25.0 Å². The first-order chi connectivity index (χ1) is 11.9. The van der Waals surface area contributed by atoms with Crippen molar-refractivity contribution in [3.63, 3.8) is 0 Å². The number of aliphatic hydroxyl groups excluding tert-OH is 1. The number of nitro benzene ring substituents is 1. The minimum atomic E-state index is -3.72. The van der Waals surface area contributed by atoms with E-state index in [0.29, 0.717) is 31.9 Å². The molecule has 0 bridgehead atoms. The molecular weight excluding hydrogens is 346 g/mol. The zero-order valence-electron chi connectivity index (χ0n) is 14.0. The second-order valence-electron chi connectivity index (χ2n) is 6.68. The number of anilines is 1. The van der Waals surface area contributed by atoms with Gasteiger partial charge in [-0.15, -0.1) is 0 Å². The smallest absolute Gasteiger partial charge is 0.293 e. The third-order valence-electron chi connectivity index (χ3n) is 4.90. The van der Waals surface area contributed by atoms with Crippen LogP contribution in [0.15, 0.2) is 23.1 Å². The van der Waals surface area contributed by atoms with Crippen LogP contribution in [0.2, 0.25) is 0 Å². The number of hydrogen-bond donors (Lipinski definition) is 1. The molecule has 0 saturated carbocycles. The highest BCUT2D eigenvalue weighted by Gasteiger charge is 2.33. The van der Waals surface area contributed by atoms with Gasteiger partial charge >= 0.3 is 0 Å². The number of sulfonamides is 1. The topological polar surface area (TPSA) is 104 Å². The minimum absolute atomic E-state index is 0.0240. The van der Waals surface area contributed by atoms with Crippen LogP contribution in [0.1, 0.15) is 25.7 Å². The number of rotatable bonds is 5. The molecule has 0 amide bonds. The summed E-state index contributed by atoms with van der Waals surface area (Å²) in [6, 6.07) is 4.13. The van der Waals surface area contributed by atoms with Crippen LogP contribution in [-0.4, -0.2) is 55.5 Å². The van der Waals surface area contributed by atoms with E-state index in [4.69, 9.17) is 5.11 Å². The van der Waals surface area contributed by atoms with Crippen molar-refractivity contribution in [1.29, 1.82) is 0 Å². The molecular formula is C16H23N3O5S. The summed E-state index contributed by atoms with van der Waals surface area (Å²) in [6.45, 7) is 2.04. The molecule has 0 aromatic heterocycles. The van der Waals surface area contributed by atoms with Crippen LogP contribution in [0.5, 0.6) is 0 Å². The summed E-state index contributed by atoms with van der Waals surface area (Å²) in [4.78, 5) is 12.7. The normalized spacial score (nSPS) is 20.1. The first-order valence-corrected chi connectivity index (χ1v) is 10.0. The van der Waals surface area contributed by atoms with Crippen LogP contribution < -0.4 is 4.90 Å². The van der Waals surface area contributed by atoms with Gasteiger partial charge in [-0.3, -0.25) is 10.1 Å². The van der Waals surface area contributed by atoms with Crippen molar-refractivity contribution in [2.24, 2.45) is 5.92 Å². The van der Waals surface area contributed by atoms with Gasteiger partial charge in [0.05, 0.1) is 9.82 Å². The molecule has 2 heterocycles. The average molecular weight is 369 g/mol. The monoisotopic (exact) mass is 369 g/mol. The highest BCUT2D eigenvalue weighted by atomic mass is 32.2. The molecule has 1 aromatic rings. The summed E-state index contributed by atoms with van der Waals surface area (Å²) in [6.07, 6.45) is 3.64. The Bertz CT molecular complexity index is 738. The van der Waals surface area contributed by atoms with E-state index in [-0.39, 0.29) is 23.1 Å². The summed E-state index contributed by atoms with van der Waals surface area (Å²) in [5.74, 6) is 0.111. The maximum atomic E-state index is 12.8. The SMILES string of the molecule is O=[N+]([O-])c1cc(S(=O)(=O)N2CCCCCC2)ccc1N1CC(CO)C1. The molecule has 1 aromatic carbocycles. The van der Waals surface area contributed by atoms with Gasteiger partial charge in [0.15, 0.2) is 0 Å². The second-order valence-corrected chi connectivity index (χ2v) is 8.62. The molecule has 2 aliphatic rings. The molecule has 138 valence electrons. The molecule has 25 heavy (non-hydrogen) atoms. The fourth-order valence-corrected chi connectivity index (χ4v) is 4.93. The quantitative estimate of drug-likeness (QED) is 0.624. The summed E-state index contributed by atoms with van der Waals surface area (Å²) < 4.78 is 27.1. The Morgan fingerprint density at radius 3 is 2.36 bits per heavy atom. The van der Waals surface area contributed by atoms with Crippen LogP contribution in [0.25, 0.3) is 0 Å². The van der Waals surface area contributed by atoms with Crippen LogP contribution in [0, 0.1) is 16.0 Å². The van der Waals surface area contributed by atoms with E-state index in [2.05, 4.69) is 0 Å². The highest BCUT2D eigenvalue weighted by Crippen LogP contribution is 2.35. The van der Waals surface area contributed by atoms with E-state index in [1.165, 1.54) is 22.5 Å². The molecule has 0 unspecified atom stereocenters. The lowest BCUT2D eigenvalue weighted by Crippen LogP contribution is -2.48. The van der Waals surface area contributed by atoms with Gasteiger partial charge in [0.25, 0.3) is 5.69 Å². The Hall–Kier alpha value is -1.71. The van der Waals surface area contributed by atoms with Crippen molar-refractivity contribution in [2.45, 2.75) is 30.6 Å². The lowest BCUT2D eigenvalue weighted by molar-refractivity contribution is -0.384. The maximum absolute atomic E-state index is 12.8. The predicted molar refractivity (Wildman–Crippen MR) is 93.1 cm³/mol. The van der Waals surface area contributed by atoms with Gasteiger partial charge in [0.1, 0.15) is 5.69 Å². The van der Waals surface area contributed by atoms with Crippen molar-refractivity contribution in [3.05, 3.63) is 28.3 Å². The molecule has 0 aliphatic carbocycles. The Morgan fingerprint density at radius 2 is 1.80 bits per heavy atom. The van der Waals surface area contributed by atoms with E-state index in [1.54, 1.807) is 4.90 Å². The first-order valence-electron chi connectivity index (χ1n) is 8.58. The van der Waals surface area contributed by atoms with Gasteiger partial charge in [0, 0.05) is 44.8 Å². The van der Waals surface area contributed by atoms with E-state index in [1.807, 2.05) is 0 Å². The van der Waals surface area contributed by atoms with Gasteiger partial charge in [0.2, 0.25) is 10.0 Å². The van der Waals surface area contributed by atoms with Gasteiger partial charge in [-0.1, -0.05) is 12.8 Å². The van der Waals surface area contributed by atoms with Crippen LogP contribution in [0.4, 0.5) is 11.4 Å². The van der Waals surface area contributed by atoms with Crippen LogP contribution in [0.3, 0.4) is 0 Å². The van der Waals surface area contributed by atoms with Crippen molar-refractivity contribution in [2.75, 3.05) is 37.7 Å². The summed E-state index contributed by atoms with van der Waals surface area (Å²) in [7, 11) is -3.72. The minimum Gasteiger partial charge on any atom is -0.396 e. The lowest BCUT2D eigenvalue weighted by atomic mass is 10.00. The zero-order valence-corrected chi connectivity index (χ0v) is 14.8. The van der Waals surface area contributed by atoms with Crippen molar-refractivity contribution in [1.82, 2.24) is 4.31 Å². The lowest BCUT2D eigenvalue weighted by Gasteiger charge is -2.39. The number of hydrogen-bond acceptors (Lipinski definition) is 6. The molecule has 2 fully saturated rings. The summed E-state index contributed by atoms with van der Waals surface area (Å²) in [5.41, 5.74) is 0.205. The summed E-state index contributed by atoms with van der Waals surface area (Å²) >= 11 is 0. The number of nitrogens with zero attached hydrogens (tertiary/aromatic N) is 3. The Labute approximate surface area is 147 Å². The van der Waals surface area contributed by atoms with Gasteiger partial charge in [-0.2, -0.15) is 4.31 Å². The van der Waals surface area contributed by atoms with Crippen molar-refractivity contribution < 1.29 is 18.4 Å². The molecule has 0 spiro atoms. The highest BCUT2D eigenvalue weighted by molar-refractivity contribution is 7.89. The average Bonchev–Trinajstić information content (AvgIpc) is 2.83. The van der Waals surface area contributed by atoms with Gasteiger partial charge < -0.3 is 10.0 Å². The molecule has 0 atom stereocenters. The molecule has 3 rings (SSSR count). The molecule has 2 saturated heterocycles.